The summed E-state index contributed by atoms with van der Waals surface area (Å²) >= 11 is 7.41. The maximum atomic E-state index is 13.9. The number of aromatic nitrogens is 1. The molecule has 0 radical (unpaired) electrons. The number of likely N-dealkylation sites (N-methyl/N-ethyl adjacent to an activating group) is 1. The maximum Gasteiger partial charge on any atom is 0.271 e. The molecule has 0 aliphatic carbocycles. The molecule has 1 atom stereocenters. The van der Waals surface area contributed by atoms with Crippen LogP contribution < -0.4 is 19.8 Å². The topological polar surface area (TPSA) is 78.1 Å². The van der Waals surface area contributed by atoms with Crippen LogP contribution in [0.2, 0.25) is 5.02 Å². The van der Waals surface area contributed by atoms with E-state index in [1.807, 2.05) is 45.0 Å². The summed E-state index contributed by atoms with van der Waals surface area (Å²) in [5.74, 6) is -0.0433. The molecular formula is C29H33ClN4O3S. The fourth-order valence-electron chi connectivity index (χ4n) is 4.82. The smallest absolute Gasteiger partial charge is 0.271 e. The van der Waals surface area contributed by atoms with Crippen LogP contribution in [0.4, 0.5) is 5.69 Å². The van der Waals surface area contributed by atoms with Gasteiger partial charge in [-0.1, -0.05) is 35.1 Å². The highest BCUT2D eigenvalue weighted by Crippen LogP contribution is 2.32. The van der Waals surface area contributed by atoms with Gasteiger partial charge in [0.1, 0.15) is 5.75 Å². The molecule has 0 bridgehead atoms. The van der Waals surface area contributed by atoms with Crippen LogP contribution in [0.3, 0.4) is 0 Å². The standard InChI is InChI=1S/C29H33ClN4O3S/c1-6-32(7-2)22-15-12-20(23(35)17-22)16-24-27(36)34-26(19-10-13-21(30)14-11-19)25(18(5)31-29(34)38-24)28(37)33(8-3)9-4/h10-17,26,35H,6-9H2,1-5H3/b24-16+/t26-/m0/s1. The fraction of sp³-hybridized carbons (Fsp3) is 0.345. The zero-order valence-corrected chi connectivity index (χ0v) is 23.9. The second kappa shape index (κ2) is 11.6. The van der Waals surface area contributed by atoms with Gasteiger partial charge in [-0.15, -0.1) is 0 Å². The van der Waals surface area contributed by atoms with Crippen LogP contribution in [0.5, 0.6) is 5.75 Å². The molecule has 38 heavy (non-hydrogen) atoms. The first-order chi connectivity index (χ1) is 18.2. The van der Waals surface area contributed by atoms with Gasteiger partial charge in [0.25, 0.3) is 11.5 Å². The number of halogens is 1. The molecule has 1 amide bonds. The first-order valence-electron chi connectivity index (χ1n) is 12.9. The number of allylic oxidation sites excluding steroid dienone is 1. The van der Waals surface area contributed by atoms with Gasteiger partial charge in [-0.2, -0.15) is 0 Å². The SMILES string of the molecule is CCN(CC)C(=O)C1=C(C)N=c2s/c(=C/c3ccc(N(CC)CC)cc3O)c(=O)n2[C@H]1c1ccc(Cl)cc1. The zero-order chi connectivity index (χ0) is 27.6. The van der Waals surface area contributed by atoms with Crippen LogP contribution in [0.25, 0.3) is 6.08 Å². The number of benzene rings is 2. The third kappa shape index (κ3) is 5.15. The number of carbonyl (C=O) groups is 1. The molecular weight excluding hydrogens is 520 g/mol. The number of amides is 1. The Morgan fingerprint density at radius 1 is 1.08 bits per heavy atom. The van der Waals surface area contributed by atoms with Gasteiger partial charge >= 0.3 is 0 Å². The third-order valence-electron chi connectivity index (χ3n) is 6.92. The third-order valence-corrected chi connectivity index (χ3v) is 8.15. The van der Waals surface area contributed by atoms with Gasteiger partial charge in [-0.05, 0) is 70.5 Å². The fourth-order valence-corrected chi connectivity index (χ4v) is 5.98. The van der Waals surface area contributed by atoms with Crippen molar-refractivity contribution in [3.05, 3.63) is 89.6 Å². The minimum absolute atomic E-state index is 0.100. The van der Waals surface area contributed by atoms with Crippen LogP contribution in [-0.2, 0) is 4.79 Å². The number of carbonyl (C=O) groups excluding carboxylic acids is 1. The van der Waals surface area contributed by atoms with Gasteiger partial charge in [-0.3, -0.25) is 14.2 Å². The van der Waals surface area contributed by atoms with Crippen molar-refractivity contribution >= 4 is 40.6 Å². The number of anilines is 1. The van der Waals surface area contributed by atoms with E-state index in [0.29, 0.717) is 44.3 Å². The van der Waals surface area contributed by atoms with E-state index in [2.05, 4.69) is 18.7 Å². The quantitative estimate of drug-likeness (QED) is 0.452. The molecule has 1 N–H and O–H groups in total. The Kier molecular flexibility index (Phi) is 8.43. The van der Waals surface area contributed by atoms with Crippen LogP contribution in [-0.4, -0.2) is 46.7 Å². The molecule has 1 aliphatic rings. The largest absolute Gasteiger partial charge is 0.507 e. The Hall–Kier alpha value is -3.36. The summed E-state index contributed by atoms with van der Waals surface area (Å²) in [6, 6.07) is 12.0. The van der Waals surface area contributed by atoms with Crippen molar-refractivity contribution in [2.45, 2.75) is 40.7 Å². The number of nitrogens with zero attached hydrogens (tertiary/aromatic N) is 4. The van der Waals surface area contributed by atoms with Crippen LogP contribution in [0.15, 0.2) is 63.5 Å². The molecule has 3 aromatic rings. The summed E-state index contributed by atoms with van der Waals surface area (Å²) < 4.78 is 2.02. The Labute approximate surface area is 231 Å². The van der Waals surface area contributed by atoms with Crippen molar-refractivity contribution < 1.29 is 9.90 Å². The van der Waals surface area contributed by atoms with Crippen molar-refractivity contribution in [2.75, 3.05) is 31.1 Å². The molecule has 2 aromatic carbocycles. The second-order valence-corrected chi connectivity index (χ2v) is 10.5. The number of phenols is 1. The monoisotopic (exact) mass is 552 g/mol. The molecule has 0 spiro atoms. The van der Waals surface area contributed by atoms with Gasteiger partial charge < -0.3 is 14.9 Å². The Balaban J connectivity index is 1.90. The predicted octanol–water partition coefficient (Wildman–Crippen LogP) is 4.31. The molecule has 7 nitrogen and oxygen atoms in total. The first kappa shape index (κ1) is 27.7. The number of fused-ring (bicyclic) bond motifs is 1. The lowest BCUT2D eigenvalue weighted by atomic mass is 9.94. The van der Waals surface area contributed by atoms with E-state index >= 15 is 0 Å². The minimum atomic E-state index is -0.641. The molecule has 1 aromatic heterocycles. The molecule has 0 unspecified atom stereocenters. The van der Waals surface area contributed by atoms with Gasteiger partial charge in [0.15, 0.2) is 4.80 Å². The number of phenolic OH excluding ortho intramolecular Hbond substituents is 1. The average Bonchev–Trinajstić information content (AvgIpc) is 3.20. The first-order valence-corrected chi connectivity index (χ1v) is 14.1. The Morgan fingerprint density at radius 3 is 2.32 bits per heavy atom. The Morgan fingerprint density at radius 2 is 1.74 bits per heavy atom. The lowest BCUT2D eigenvalue weighted by Gasteiger charge is -2.29. The van der Waals surface area contributed by atoms with Gasteiger partial charge in [0.05, 0.1) is 21.8 Å². The molecule has 0 saturated heterocycles. The van der Waals surface area contributed by atoms with E-state index in [0.717, 1.165) is 24.3 Å². The molecule has 200 valence electrons. The molecule has 2 heterocycles. The molecule has 4 rings (SSSR count). The van der Waals surface area contributed by atoms with Crippen molar-refractivity contribution in [3.63, 3.8) is 0 Å². The average molecular weight is 553 g/mol. The van der Waals surface area contributed by atoms with E-state index in [4.69, 9.17) is 16.6 Å². The molecule has 0 fully saturated rings. The molecule has 9 heteroatoms. The second-order valence-electron chi connectivity index (χ2n) is 9.03. The Bertz CT molecular complexity index is 1550. The zero-order valence-electron chi connectivity index (χ0n) is 22.4. The summed E-state index contributed by atoms with van der Waals surface area (Å²) in [5, 5.41) is 11.3. The molecule has 1 aliphatic heterocycles. The summed E-state index contributed by atoms with van der Waals surface area (Å²) in [4.78, 5) is 36.6. The van der Waals surface area contributed by atoms with Gasteiger partial charge in [0, 0.05) is 48.5 Å². The van der Waals surface area contributed by atoms with E-state index in [1.165, 1.54) is 11.3 Å². The summed E-state index contributed by atoms with van der Waals surface area (Å²) in [6.45, 7) is 12.6. The number of rotatable bonds is 8. The van der Waals surface area contributed by atoms with Gasteiger partial charge in [0.2, 0.25) is 0 Å². The van der Waals surface area contributed by atoms with E-state index in [-0.39, 0.29) is 17.2 Å². The van der Waals surface area contributed by atoms with Crippen molar-refractivity contribution in [1.82, 2.24) is 9.47 Å². The van der Waals surface area contributed by atoms with Gasteiger partial charge in [-0.25, -0.2) is 4.99 Å². The highest BCUT2D eigenvalue weighted by atomic mass is 35.5. The number of aromatic hydroxyl groups is 1. The number of thiazole rings is 1. The van der Waals surface area contributed by atoms with Crippen molar-refractivity contribution in [2.24, 2.45) is 4.99 Å². The lowest BCUT2D eigenvalue weighted by molar-refractivity contribution is -0.127. The van der Waals surface area contributed by atoms with E-state index in [9.17, 15) is 14.7 Å². The van der Waals surface area contributed by atoms with Crippen LogP contribution in [0, 0.1) is 0 Å². The van der Waals surface area contributed by atoms with E-state index in [1.54, 1.807) is 33.7 Å². The predicted molar refractivity (Wildman–Crippen MR) is 155 cm³/mol. The molecule has 0 saturated carbocycles. The minimum Gasteiger partial charge on any atom is -0.507 e. The van der Waals surface area contributed by atoms with Crippen LogP contribution >= 0.6 is 22.9 Å². The summed E-state index contributed by atoms with van der Waals surface area (Å²) in [6.07, 6.45) is 1.69. The number of hydrogen-bond acceptors (Lipinski definition) is 6. The lowest BCUT2D eigenvalue weighted by Crippen LogP contribution is -2.43. The highest BCUT2D eigenvalue weighted by Gasteiger charge is 2.34. The number of hydrogen-bond donors (Lipinski definition) is 1. The normalized spacial score (nSPS) is 15.3. The maximum absolute atomic E-state index is 13.9. The van der Waals surface area contributed by atoms with Crippen molar-refractivity contribution in [3.8, 4) is 5.75 Å². The van der Waals surface area contributed by atoms with Crippen molar-refractivity contribution in [1.29, 1.82) is 0 Å². The summed E-state index contributed by atoms with van der Waals surface area (Å²) in [7, 11) is 0. The van der Waals surface area contributed by atoms with E-state index < -0.39 is 6.04 Å². The summed E-state index contributed by atoms with van der Waals surface area (Å²) in [5.41, 5.74) is 3.03. The highest BCUT2D eigenvalue weighted by molar-refractivity contribution is 7.07. The van der Waals surface area contributed by atoms with Crippen LogP contribution in [0.1, 0.15) is 51.8 Å².